The molecular formula is C19H21N3O4S. The smallest absolute Gasteiger partial charge is 0.243 e. The summed E-state index contributed by atoms with van der Waals surface area (Å²) in [6.07, 6.45) is -0.716. The highest BCUT2D eigenvalue weighted by Gasteiger charge is 2.48. The van der Waals surface area contributed by atoms with Gasteiger partial charge in [-0.2, -0.15) is 0 Å². The van der Waals surface area contributed by atoms with E-state index in [1.165, 1.54) is 0 Å². The minimum Gasteiger partial charge on any atom is -0.370 e. The number of anilines is 1. The molecule has 0 bridgehead atoms. The molecule has 2 aromatic carbocycles. The number of hydrogen-bond acceptors (Lipinski definition) is 5. The number of nitrogens with two attached hydrogens (primary N) is 1. The largest absolute Gasteiger partial charge is 0.370 e. The maximum atomic E-state index is 10.9. The highest BCUT2D eigenvalue weighted by atomic mass is 32.1. The molecule has 2 aromatic rings. The van der Waals surface area contributed by atoms with Crippen molar-refractivity contribution in [2.45, 2.75) is 24.4 Å². The lowest BCUT2D eigenvalue weighted by atomic mass is 10.1. The Morgan fingerprint density at radius 2 is 1.93 bits per heavy atom. The van der Waals surface area contributed by atoms with E-state index < -0.39 is 5.91 Å². The fourth-order valence-corrected chi connectivity index (χ4v) is 3.84. The number of fused-ring (bicyclic) bond motifs is 2. The molecule has 0 saturated carbocycles. The number of benzene rings is 2. The summed E-state index contributed by atoms with van der Waals surface area (Å²) in [5.74, 6) is -0.508. The molecule has 2 fully saturated rings. The standard InChI is InChI=1S/C19H21N3O4S/c20-16(23)10-24-15-9-26-17-14(8-25-18(15)17)22-19(27)21-13-7-3-5-11-4-1-2-6-12(11)13/h1-7,14-15,17-18H,8-10H2,(H2,20,23)(H2,21,22,27)/t14-,15-,17-,18+/m1/s1. The van der Waals surface area contributed by atoms with Crippen molar-refractivity contribution >= 4 is 39.7 Å². The zero-order valence-corrected chi connectivity index (χ0v) is 15.4. The molecule has 4 atom stereocenters. The summed E-state index contributed by atoms with van der Waals surface area (Å²) in [4.78, 5) is 10.9. The Morgan fingerprint density at radius 1 is 1.15 bits per heavy atom. The number of nitrogens with one attached hydrogen (secondary N) is 2. The van der Waals surface area contributed by atoms with Crippen LogP contribution in [0.15, 0.2) is 42.5 Å². The summed E-state index contributed by atoms with van der Waals surface area (Å²) >= 11 is 5.48. The Hall–Kier alpha value is -2.26. The molecule has 2 aliphatic rings. The van der Waals surface area contributed by atoms with Crippen molar-refractivity contribution in [3.8, 4) is 0 Å². The van der Waals surface area contributed by atoms with Crippen molar-refractivity contribution in [2.24, 2.45) is 5.73 Å². The zero-order valence-electron chi connectivity index (χ0n) is 14.6. The van der Waals surface area contributed by atoms with E-state index in [0.717, 1.165) is 16.5 Å². The van der Waals surface area contributed by atoms with Gasteiger partial charge in [0, 0.05) is 11.1 Å². The van der Waals surface area contributed by atoms with Crippen LogP contribution >= 0.6 is 12.2 Å². The van der Waals surface area contributed by atoms with Gasteiger partial charge >= 0.3 is 0 Å². The van der Waals surface area contributed by atoms with Crippen LogP contribution in [0.25, 0.3) is 10.8 Å². The summed E-state index contributed by atoms with van der Waals surface area (Å²) in [6, 6.07) is 14.1. The molecule has 8 heteroatoms. The van der Waals surface area contributed by atoms with Crippen molar-refractivity contribution in [2.75, 3.05) is 25.1 Å². The maximum Gasteiger partial charge on any atom is 0.243 e. The summed E-state index contributed by atoms with van der Waals surface area (Å²) in [7, 11) is 0. The number of rotatable bonds is 5. The predicted molar refractivity (Wildman–Crippen MR) is 106 cm³/mol. The number of amides is 1. The molecule has 0 radical (unpaired) electrons. The van der Waals surface area contributed by atoms with E-state index in [9.17, 15) is 4.79 Å². The molecule has 0 unspecified atom stereocenters. The molecule has 142 valence electrons. The van der Waals surface area contributed by atoms with Crippen LogP contribution in [0.4, 0.5) is 5.69 Å². The molecular weight excluding hydrogens is 366 g/mol. The Kier molecular flexibility index (Phi) is 5.22. The fraction of sp³-hybridized carbons (Fsp3) is 0.368. The van der Waals surface area contributed by atoms with Crippen molar-refractivity contribution in [1.29, 1.82) is 0 Å². The third-order valence-corrected chi connectivity index (χ3v) is 5.02. The lowest BCUT2D eigenvalue weighted by molar-refractivity contribution is -0.126. The maximum absolute atomic E-state index is 10.9. The van der Waals surface area contributed by atoms with E-state index >= 15 is 0 Å². The van der Waals surface area contributed by atoms with E-state index in [-0.39, 0.29) is 31.0 Å². The lowest BCUT2D eigenvalue weighted by Gasteiger charge is -2.20. The van der Waals surface area contributed by atoms with E-state index in [1.807, 2.05) is 24.3 Å². The van der Waals surface area contributed by atoms with Crippen LogP contribution in [0.5, 0.6) is 0 Å². The van der Waals surface area contributed by atoms with Crippen molar-refractivity contribution in [3.63, 3.8) is 0 Å². The molecule has 0 aliphatic carbocycles. The molecule has 4 N–H and O–H groups in total. The first-order valence-electron chi connectivity index (χ1n) is 8.80. The lowest BCUT2D eigenvalue weighted by Crippen LogP contribution is -2.46. The van der Waals surface area contributed by atoms with E-state index in [2.05, 4.69) is 28.8 Å². The van der Waals surface area contributed by atoms with E-state index in [1.54, 1.807) is 0 Å². The number of ether oxygens (including phenoxy) is 3. The molecule has 2 heterocycles. The van der Waals surface area contributed by atoms with Crippen molar-refractivity contribution in [3.05, 3.63) is 42.5 Å². The number of primary amides is 1. The first-order valence-corrected chi connectivity index (χ1v) is 9.21. The molecule has 2 aliphatic heterocycles. The predicted octanol–water partition coefficient (Wildman–Crippen LogP) is 1.16. The topological polar surface area (TPSA) is 94.8 Å². The monoisotopic (exact) mass is 387 g/mol. The van der Waals surface area contributed by atoms with Gasteiger partial charge in [0.1, 0.15) is 24.9 Å². The first kappa shape index (κ1) is 18.1. The van der Waals surface area contributed by atoms with Crippen molar-refractivity contribution < 1.29 is 19.0 Å². The Morgan fingerprint density at radius 3 is 2.78 bits per heavy atom. The van der Waals surface area contributed by atoms with Crippen LogP contribution in [0.3, 0.4) is 0 Å². The molecule has 0 spiro atoms. The van der Waals surface area contributed by atoms with E-state index in [0.29, 0.717) is 18.3 Å². The number of hydrogen-bond donors (Lipinski definition) is 3. The third-order valence-electron chi connectivity index (χ3n) is 4.80. The Balaban J connectivity index is 1.37. The van der Waals surface area contributed by atoms with Crippen LogP contribution in [-0.4, -0.2) is 55.2 Å². The second kappa shape index (κ2) is 7.77. The summed E-state index contributed by atoms with van der Waals surface area (Å²) < 4.78 is 17.1. The third kappa shape index (κ3) is 3.89. The number of carbonyl (C=O) groups excluding carboxylic acids is 1. The molecule has 1 amide bonds. The average molecular weight is 387 g/mol. The van der Waals surface area contributed by atoms with Crippen LogP contribution in [0, 0.1) is 0 Å². The van der Waals surface area contributed by atoms with Crippen LogP contribution in [0.2, 0.25) is 0 Å². The van der Waals surface area contributed by atoms with Crippen LogP contribution < -0.4 is 16.4 Å². The normalized spacial score (nSPS) is 26.7. The van der Waals surface area contributed by atoms with Crippen LogP contribution in [-0.2, 0) is 19.0 Å². The van der Waals surface area contributed by atoms with E-state index in [4.69, 9.17) is 32.2 Å². The van der Waals surface area contributed by atoms with Gasteiger partial charge in [-0.15, -0.1) is 0 Å². The summed E-state index contributed by atoms with van der Waals surface area (Å²) in [5.41, 5.74) is 6.07. The fourth-order valence-electron chi connectivity index (χ4n) is 3.58. The number of thiocarbonyl (C=S) groups is 1. The molecule has 0 aromatic heterocycles. The average Bonchev–Trinajstić information content (AvgIpc) is 3.23. The van der Waals surface area contributed by atoms with Gasteiger partial charge in [-0.25, -0.2) is 0 Å². The summed E-state index contributed by atoms with van der Waals surface area (Å²) in [5, 5.41) is 9.28. The van der Waals surface area contributed by atoms with Gasteiger partial charge in [0.25, 0.3) is 0 Å². The highest BCUT2D eigenvalue weighted by Crippen LogP contribution is 2.29. The quantitative estimate of drug-likeness (QED) is 0.663. The second-order valence-electron chi connectivity index (χ2n) is 6.64. The summed E-state index contributed by atoms with van der Waals surface area (Å²) in [6.45, 7) is 0.674. The number of carbonyl (C=O) groups is 1. The first-order chi connectivity index (χ1) is 13.1. The van der Waals surface area contributed by atoms with Gasteiger partial charge in [-0.1, -0.05) is 36.4 Å². The van der Waals surface area contributed by atoms with Gasteiger partial charge in [-0.05, 0) is 23.7 Å². The minimum absolute atomic E-state index is 0.0906. The van der Waals surface area contributed by atoms with Gasteiger partial charge in [-0.3, -0.25) is 4.79 Å². The molecule has 4 rings (SSSR count). The van der Waals surface area contributed by atoms with Gasteiger partial charge in [0.05, 0.1) is 19.3 Å². The van der Waals surface area contributed by atoms with Gasteiger partial charge < -0.3 is 30.6 Å². The molecule has 2 saturated heterocycles. The molecule has 7 nitrogen and oxygen atoms in total. The zero-order chi connectivity index (χ0) is 18.8. The van der Waals surface area contributed by atoms with Gasteiger partial charge in [0.15, 0.2) is 5.11 Å². The van der Waals surface area contributed by atoms with Crippen LogP contribution in [0.1, 0.15) is 0 Å². The SMILES string of the molecule is NC(=O)CO[C@@H]1CO[C@H]2[C@H]1OC[C@H]2NC(=S)Nc1cccc2ccccc12. The molecule has 27 heavy (non-hydrogen) atoms. The minimum atomic E-state index is -0.508. The Bertz CT molecular complexity index is 856. The Labute approximate surface area is 162 Å². The highest BCUT2D eigenvalue weighted by molar-refractivity contribution is 7.80. The second-order valence-corrected chi connectivity index (χ2v) is 7.05. The van der Waals surface area contributed by atoms with Crippen molar-refractivity contribution in [1.82, 2.24) is 5.32 Å². The van der Waals surface area contributed by atoms with Gasteiger partial charge in [0.2, 0.25) is 5.91 Å².